The summed E-state index contributed by atoms with van der Waals surface area (Å²) in [6, 6.07) is 0. The third-order valence-electron chi connectivity index (χ3n) is 6.10. The first-order valence-electron chi connectivity index (χ1n) is 11.4. The molecular weight excluding hydrogens is 454 g/mol. The fraction of sp³-hybridized carbons (Fsp3) is 0.864. The zero-order valence-electron chi connectivity index (χ0n) is 20.3. The molecule has 2 atom stereocenters. The van der Waals surface area contributed by atoms with E-state index in [-0.39, 0.29) is 30.5 Å². The second kappa shape index (κ2) is 12.1. The molecule has 0 radical (unpaired) electrons. The van der Waals surface area contributed by atoms with Crippen LogP contribution in [0.15, 0.2) is 0 Å². The lowest BCUT2D eigenvalue weighted by atomic mass is 9.69. The lowest BCUT2D eigenvalue weighted by Gasteiger charge is -2.45. The molecule has 33 heavy (non-hydrogen) atoms. The van der Waals surface area contributed by atoms with E-state index in [2.05, 4.69) is 5.32 Å². The van der Waals surface area contributed by atoms with E-state index >= 15 is 0 Å². The van der Waals surface area contributed by atoms with Crippen molar-refractivity contribution < 1.29 is 41.9 Å². The summed E-state index contributed by atoms with van der Waals surface area (Å²) < 4.78 is 35.1. The average molecular weight is 494 g/mol. The molecule has 192 valence electrons. The zero-order chi connectivity index (χ0) is 25.4. The standard InChI is InChI=1S/C22H39NO9S/c1-15(2)18(32-19(25)17-10-7-6-8-11-17)22(28,20(26)27)21(4,5)14-31-33(29,30)13-9-12-23-16(3)24/h15,17-18,28H,6-14H2,1-5H3,(H,23,24)(H,26,27)/t18?,22-/m1/s1. The predicted octanol–water partition coefficient (Wildman–Crippen LogP) is 1.85. The number of aliphatic hydroxyl groups is 1. The Kier molecular flexibility index (Phi) is 10.8. The van der Waals surface area contributed by atoms with Gasteiger partial charge < -0.3 is 20.3 Å². The van der Waals surface area contributed by atoms with Crippen molar-refractivity contribution in [1.82, 2.24) is 5.32 Å². The Balaban J connectivity index is 2.99. The summed E-state index contributed by atoms with van der Waals surface area (Å²) in [6.45, 7) is 6.79. The number of aliphatic carboxylic acids is 1. The van der Waals surface area contributed by atoms with Crippen LogP contribution in [-0.4, -0.2) is 67.1 Å². The molecule has 10 nitrogen and oxygen atoms in total. The molecule has 1 amide bonds. The summed E-state index contributed by atoms with van der Waals surface area (Å²) >= 11 is 0. The Morgan fingerprint density at radius 1 is 1.12 bits per heavy atom. The highest BCUT2D eigenvalue weighted by atomic mass is 32.2. The van der Waals surface area contributed by atoms with Crippen LogP contribution in [0.3, 0.4) is 0 Å². The first-order valence-corrected chi connectivity index (χ1v) is 13.0. The largest absolute Gasteiger partial charge is 0.479 e. The van der Waals surface area contributed by atoms with Gasteiger partial charge in [0.25, 0.3) is 10.1 Å². The zero-order valence-corrected chi connectivity index (χ0v) is 21.1. The number of ether oxygens (including phenoxy) is 1. The first kappa shape index (κ1) is 29.3. The topological polar surface area (TPSA) is 156 Å². The van der Waals surface area contributed by atoms with E-state index in [0.29, 0.717) is 12.8 Å². The fourth-order valence-corrected chi connectivity index (χ4v) is 5.07. The van der Waals surface area contributed by atoms with Crippen molar-refractivity contribution in [2.24, 2.45) is 17.3 Å². The van der Waals surface area contributed by atoms with E-state index in [9.17, 15) is 33.0 Å². The Morgan fingerprint density at radius 3 is 2.18 bits per heavy atom. The van der Waals surface area contributed by atoms with Crippen molar-refractivity contribution in [3.63, 3.8) is 0 Å². The van der Waals surface area contributed by atoms with Gasteiger partial charge in [-0.05, 0) is 25.2 Å². The van der Waals surface area contributed by atoms with Crippen molar-refractivity contribution in [3.8, 4) is 0 Å². The highest BCUT2D eigenvalue weighted by Crippen LogP contribution is 2.40. The number of carbonyl (C=O) groups is 3. The molecule has 0 aliphatic heterocycles. The molecule has 1 aliphatic rings. The molecule has 0 aromatic carbocycles. The third-order valence-corrected chi connectivity index (χ3v) is 7.37. The minimum absolute atomic E-state index is 0.110. The number of hydrogen-bond acceptors (Lipinski definition) is 8. The van der Waals surface area contributed by atoms with E-state index in [1.807, 2.05) is 0 Å². The summed E-state index contributed by atoms with van der Waals surface area (Å²) in [5.74, 6) is -3.76. The van der Waals surface area contributed by atoms with Crippen LogP contribution < -0.4 is 5.32 Å². The molecule has 0 bridgehead atoms. The van der Waals surface area contributed by atoms with Crippen LogP contribution >= 0.6 is 0 Å². The maximum absolute atomic E-state index is 12.7. The minimum Gasteiger partial charge on any atom is -0.479 e. The second-order valence-electron chi connectivity index (χ2n) is 9.75. The van der Waals surface area contributed by atoms with Gasteiger partial charge in [0.2, 0.25) is 11.5 Å². The monoisotopic (exact) mass is 493 g/mol. The molecule has 0 aromatic rings. The van der Waals surface area contributed by atoms with E-state index in [0.717, 1.165) is 19.3 Å². The number of esters is 1. The summed E-state index contributed by atoms with van der Waals surface area (Å²) in [4.78, 5) is 35.9. The highest BCUT2D eigenvalue weighted by molar-refractivity contribution is 7.86. The minimum atomic E-state index is -4.05. The number of carboxylic acids is 1. The van der Waals surface area contributed by atoms with E-state index in [4.69, 9.17) is 8.92 Å². The molecule has 3 N–H and O–H groups in total. The molecule has 1 unspecified atom stereocenters. The predicted molar refractivity (Wildman–Crippen MR) is 121 cm³/mol. The fourth-order valence-electron chi connectivity index (χ4n) is 3.98. The molecule has 0 heterocycles. The molecule has 0 saturated heterocycles. The number of carbonyl (C=O) groups excluding carboxylic acids is 2. The van der Waals surface area contributed by atoms with E-state index in [1.165, 1.54) is 20.8 Å². The van der Waals surface area contributed by atoms with Gasteiger partial charge in [-0.1, -0.05) is 47.0 Å². The van der Waals surface area contributed by atoms with Gasteiger partial charge in [-0.15, -0.1) is 0 Å². The van der Waals surface area contributed by atoms with Crippen LogP contribution in [0.25, 0.3) is 0 Å². The van der Waals surface area contributed by atoms with Crippen molar-refractivity contribution in [3.05, 3.63) is 0 Å². The van der Waals surface area contributed by atoms with Gasteiger partial charge in [0.05, 0.1) is 18.3 Å². The Morgan fingerprint density at radius 2 is 1.70 bits per heavy atom. The quantitative estimate of drug-likeness (QED) is 0.198. The molecule has 0 aromatic heterocycles. The van der Waals surface area contributed by atoms with Crippen LogP contribution in [0.4, 0.5) is 0 Å². The van der Waals surface area contributed by atoms with Crippen molar-refractivity contribution in [1.29, 1.82) is 0 Å². The second-order valence-corrected chi connectivity index (χ2v) is 11.5. The maximum Gasteiger partial charge on any atom is 0.340 e. The van der Waals surface area contributed by atoms with Gasteiger partial charge in [0.1, 0.15) is 6.10 Å². The Hall–Kier alpha value is -1.72. The average Bonchev–Trinajstić information content (AvgIpc) is 2.73. The van der Waals surface area contributed by atoms with Gasteiger partial charge in [0.15, 0.2) is 0 Å². The van der Waals surface area contributed by atoms with Crippen molar-refractivity contribution in [2.45, 2.75) is 84.8 Å². The number of nitrogens with one attached hydrogen (secondary N) is 1. The lowest BCUT2D eigenvalue weighted by Crippen LogP contribution is -2.64. The Bertz CT molecular complexity index is 788. The third kappa shape index (κ3) is 8.22. The van der Waals surface area contributed by atoms with Gasteiger partial charge >= 0.3 is 11.9 Å². The number of carboxylic acid groups (broad SMARTS) is 1. The van der Waals surface area contributed by atoms with E-state index in [1.54, 1.807) is 13.8 Å². The normalized spacial score (nSPS) is 18.4. The van der Waals surface area contributed by atoms with Gasteiger partial charge in [-0.3, -0.25) is 13.8 Å². The molecule has 1 fully saturated rings. The Labute approximate surface area is 196 Å². The molecule has 0 spiro atoms. The molecular formula is C22H39NO9S. The summed E-state index contributed by atoms with van der Waals surface area (Å²) in [6.07, 6.45) is 2.80. The molecule has 11 heteroatoms. The summed E-state index contributed by atoms with van der Waals surface area (Å²) in [5, 5.41) is 23.8. The molecule has 1 saturated carbocycles. The van der Waals surface area contributed by atoms with Gasteiger partial charge in [-0.2, -0.15) is 8.42 Å². The van der Waals surface area contributed by atoms with Crippen LogP contribution in [0, 0.1) is 17.3 Å². The molecule has 1 rings (SSSR count). The maximum atomic E-state index is 12.7. The van der Waals surface area contributed by atoms with Crippen LogP contribution in [0.5, 0.6) is 0 Å². The van der Waals surface area contributed by atoms with Crippen LogP contribution in [0.2, 0.25) is 0 Å². The SMILES string of the molecule is CC(=O)NCCCS(=O)(=O)OCC(C)(C)[C@](O)(C(=O)O)C(OC(=O)C1CCCCC1)C(C)C. The number of rotatable bonds is 13. The first-order chi connectivity index (χ1) is 15.1. The summed E-state index contributed by atoms with van der Waals surface area (Å²) in [5.41, 5.74) is -4.23. The lowest BCUT2D eigenvalue weighted by molar-refractivity contribution is -0.216. The van der Waals surface area contributed by atoms with E-state index < -0.39 is 51.7 Å². The number of amides is 1. The van der Waals surface area contributed by atoms with Crippen molar-refractivity contribution >= 4 is 28.0 Å². The number of hydrogen-bond donors (Lipinski definition) is 3. The van der Waals surface area contributed by atoms with Crippen LogP contribution in [0.1, 0.15) is 73.1 Å². The smallest absolute Gasteiger partial charge is 0.340 e. The van der Waals surface area contributed by atoms with Crippen molar-refractivity contribution in [2.75, 3.05) is 18.9 Å². The summed E-state index contributed by atoms with van der Waals surface area (Å²) in [7, 11) is -4.05. The molecule has 1 aliphatic carbocycles. The van der Waals surface area contributed by atoms with Gasteiger partial charge in [0, 0.05) is 18.9 Å². The van der Waals surface area contributed by atoms with Crippen LogP contribution in [-0.2, 0) is 33.4 Å². The highest BCUT2D eigenvalue weighted by Gasteiger charge is 2.59. The van der Waals surface area contributed by atoms with Gasteiger partial charge in [-0.25, -0.2) is 4.79 Å².